The Hall–Kier alpha value is -2.57. The van der Waals surface area contributed by atoms with Gasteiger partial charge in [0.2, 0.25) is 5.91 Å². The van der Waals surface area contributed by atoms with Crippen LogP contribution in [0.25, 0.3) is 10.9 Å². The fraction of sp³-hybridized carbons (Fsp3) is 0.300. The molecule has 0 saturated carbocycles. The Bertz CT molecular complexity index is 931. The molecule has 6 nitrogen and oxygen atoms in total. The molecule has 1 amide bonds. The van der Waals surface area contributed by atoms with Crippen LogP contribution in [0.15, 0.2) is 48.7 Å². The summed E-state index contributed by atoms with van der Waals surface area (Å²) in [6.45, 7) is 2.94. The second-order valence-electron chi connectivity index (χ2n) is 6.89. The number of halogens is 1. The van der Waals surface area contributed by atoms with Crippen LogP contribution in [-0.4, -0.2) is 53.2 Å². The molecular formula is C20H22ClN5O. The number of piperazine rings is 1. The van der Waals surface area contributed by atoms with Crippen LogP contribution in [0.4, 0.5) is 5.69 Å². The summed E-state index contributed by atoms with van der Waals surface area (Å²) < 4.78 is 0. The first-order valence-corrected chi connectivity index (χ1v) is 9.45. The fourth-order valence-corrected chi connectivity index (χ4v) is 3.63. The molecule has 3 aromatic rings. The van der Waals surface area contributed by atoms with E-state index in [1.165, 1.54) is 0 Å². The van der Waals surface area contributed by atoms with Crippen LogP contribution >= 0.6 is 11.6 Å². The summed E-state index contributed by atoms with van der Waals surface area (Å²) in [4.78, 5) is 16.9. The van der Waals surface area contributed by atoms with Crippen LogP contribution in [0.3, 0.4) is 0 Å². The largest absolute Gasteiger partial charge is 0.368 e. The molecule has 1 aliphatic heterocycles. The maximum atomic E-state index is 12.7. The minimum Gasteiger partial charge on any atom is -0.368 e. The number of carbonyl (C=O) groups excluding carboxylic acids is 1. The summed E-state index contributed by atoms with van der Waals surface area (Å²) in [5, 5.41) is 8.81. The average Bonchev–Trinajstić information content (AvgIpc) is 3.17. The zero-order chi connectivity index (χ0) is 18.8. The zero-order valence-corrected chi connectivity index (χ0v) is 15.7. The number of hydrogen-bond donors (Lipinski definition) is 2. The minimum absolute atomic E-state index is 0.00915. The SMILES string of the molecule is N[C@@H](Cc1ccc(Cl)cc1)C(=O)N1CCN(c2ccc3[nH]ncc3c2)CC1. The van der Waals surface area contributed by atoms with Crippen molar-refractivity contribution >= 4 is 34.1 Å². The zero-order valence-electron chi connectivity index (χ0n) is 14.9. The Kier molecular flexibility index (Phi) is 5.01. The molecule has 1 atom stereocenters. The van der Waals surface area contributed by atoms with Crippen molar-refractivity contribution in [3.63, 3.8) is 0 Å². The van der Waals surface area contributed by atoms with Gasteiger partial charge in [-0.3, -0.25) is 9.89 Å². The van der Waals surface area contributed by atoms with E-state index in [1.807, 2.05) is 41.4 Å². The van der Waals surface area contributed by atoms with Gasteiger partial charge in [0.1, 0.15) is 0 Å². The summed E-state index contributed by atoms with van der Waals surface area (Å²) in [6, 6.07) is 13.2. The Morgan fingerprint density at radius 1 is 1.15 bits per heavy atom. The van der Waals surface area contributed by atoms with Crippen LogP contribution in [0.5, 0.6) is 0 Å². The van der Waals surface area contributed by atoms with Gasteiger partial charge in [0.05, 0.1) is 17.8 Å². The highest BCUT2D eigenvalue weighted by Gasteiger charge is 2.25. The number of nitrogens with two attached hydrogens (primary N) is 1. The van der Waals surface area contributed by atoms with Crippen molar-refractivity contribution in [1.82, 2.24) is 15.1 Å². The average molecular weight is 384 g/mol. The molecule has 1 aliphatic rings. The number of aromatic amines is 1. The number of hydrogen-bond acceptors (Lipinski definition) is 4. The Labute approximate surface area is 162 Å². The van der Waals surface area contributed by atoms with E-state index in [4.69, 9.17) is 17.3 Å². The van der Waals surface area contributed by atoms with E-state index in [-0.39, 0.29) is 5.91 Å². The topological polar surface area (TPSA) is 78.3 Å². The van der Waals surface area contributed by atoms with Gasteiger partial charge in [-0.25, -0.2) is 0 Å². The molecule has 3 N–H and O–H groups in total. The molecule has 0 unspecified atom stereocenters. The van der Waals surface area contributed by atoms with Crippen LogP contribution < -0.4 is 10.6 Å². The number of fused-ring (bicyclic) bond motifs is 1. The van der Waals surface area contributed by atoms with Gasteiger partial charge >= 0.3 is 0 Å². The van der Waals surface area contributed by atoms with E-state index >= 15 is 0 Å². The number of nitrogens with one attached hydrogen (secondary N) is 1. The molecule has 140 valence electrons. The number of H-pyrrole nitrogens is 1. The lowest BCUT2D eigenvalue weighted by Crippen LogP contribution is -2.53. The van der Waals surface area contributed by atoms with Gasteiger partial charge in [0.15, 0.2) is 0 Å². The molecule has 27 heavy (non-hydrogen) atoms. The smallest absolute Gasteiger partial charge is 0.239 e. The monoisotopic (exact) mass is 383 g/mol. The van der Waals surface area contributed by atoms with Gasteiger partial charge in [-0.1, -0.05) is 23.7 Å². The van der Waals surface area contributed by atoms with Crippen LogP contribution in [-0.2, 0) is 11.2 Å². The Morgan fingerprint density at radius 3 is 2.63 bits per heavy atom. The van der Waals surface area contributed by atoms with Gasteiger partial charge in [-0.05, 0) is 42.3 Å². The molecule has 1 aromatic heterocycles. The van der Waals surface area contributed by atoms with Gasteiger partial charge in [-0.15, -0.1) is 0 Å². The molecule has 0 radical (unpaired) electrons. The van der Waals surface area contributed by atoms with E-state index in [0.717, 1.165) is 35.2 Å². The molecule has 0 aliphatic carbocycles. The first-order valence-electron chi connectivity index (χ1n) is 9.07. The summed E-state index contributed by atoms with van der Waals surface area (Å²) in [7, 11) is 0. The van der Waals surface area contributed by atoms with Crippen LogP contribution in [0, 0.1) is 0 Å². The number of carbonyl (C=O) groups is 1. The third kappa shape index (κ3) is 3.91. The molecule has 2 aromatic carbocycles. The van der Waals surface area contributed by atoms with Crippen molar-refractivity contribution < 1.29 is 4.79 Å². The van der Waals surface area contributed by atoms with Gasteiger partial charge in [0, 0.05) is 42.3 Å². The quantitative estimate of drug-likeness (QED) is 0.725. The maximum absolute atomic E-state index is 12.7. The highest BCUT2D eigenvalue weighted by atomic mass is 35.5. The molecule has 2 heterocycles. The van der Waals surface area contributed by atoms with Crippen molar-refractivity contribution in [2.75, 3.05) is 31.1 Å². The molecule has 7 heteroatoms. The predicted molar refractivity (Wildman–Crippen MR) is 108 cm³/mol. The normalized spacial score (nSPS) is 15.9. The number of nitrogens with zero attached hydrogens (tertiary/aromatic N) is 3. The van der Waals surface area contributed by atoms with Crippen LogP contribution in [0.1, 0.15) is 5.56 Å². The van der Waals surface area contributed by atoms with E-state index in [1.54, 1.807) is 0 Å². The number of aromatic nitrogens is 2. The van der Waals surface area contributed by atoms with E-state index in [2.05, 4.69) is 27.2 Å². The van der Waals surface area contributed by atoms with E-state index in [0.29, 0.717) is 24.5 Å². The first kappa shape index (κ1) is 17.8. The third-order valence-corrected chi connectivity index (χ3v) is 5.32. The van der Waals surface area contributed by atoms with Crippen molar-refractivity contribution in [1.29, 1.82) is 0 Å². The van der Waals surface area contributed by atoms with E-state index in [9.17, 15) is 4.79 Å². The fourth-order valence-electron chi connectivity index (χ4n) is 3.51. The third-order valence-electron chi connectivity index (χ3n) is 5.07. The van der Waals surface area contributed by atoms with Gasteiger partial charge < -0.3 is 15.5 Å². The lowest BCUT2D eigenvalue weighted by atomic mass is 10.1. The summed E-state index contributed by atoms with van der Waals surface area (Å²) in [6.07, 6.45) is 2.35. The Balaban J connectivity index is 1.35. The van der Waals surface area contributed by atoms with Crippen molar-refractivity contribution in [2.45, 2.75) is 12.5 Å². The van der Waals surface area contributed by atoms with Crippen molar-refractivity contribution in [3.05, 3.63) is 59.2 Å². The highest BCUT2D eigenvalue weighted by Crippen LogP contribution is 2.22. The van der Waals surface area contributed by atoms with E-state index < -0.39 is 6.04 Å². The van der Waals surface area contributed by atoms with Crippen molar-refractivity contribution in [3.8, 4) is 0 Å². The number of benzene rings is 2. The number of rotatable bonds is 4. The molecule has 4 rings (SSSR count). The molecule has 1 saturated heterocycles. The standard InChI is InChI=1S/C20H22ClN5O/c21-16-3-1-14(2-4-16)11-18(22)20(27)26-9-7-25(8-10-26)17-5-6-19-15(12-17)13-23-24-19/h1-6,12-13,18H,7-11,22H2,(H,23,24)/t18-/m0/s1. The van der Waals surface area contributed by atoms with Gasteiger partial charge in [-0.2, -0.15) is 5.10 Å². The lowest BCUT2D eigenvalue weighted by molar-refractivity contribution is -0.132. The lowest BCUT2D eigenvalue weighted by Gasteiger charge is -2.37. The summed E-state index contributed by atoms with van der Waals surface area (Å²) in [5.74, 6) is 0.00915. The molecule has 0 spiro atoms. The first-order chi connectivity index (χ1) is 13.1. The molecule has 1 fully saturated rings. The molecule has 0 bridgehead atoms. The maximum Gasteiger partial charge on any atom is 0.239 e. The summed E-state index contributed by atoms with van der Waals surface area (Å²) in [5.41, 5.74) is 9.37. The highest BCUT2D eigenvalue weighted by molar-refractivity contribution is 6.30. The number of amides is 1. The molecular weight excluding hydrogens is 362 g/mol. The van der Waals surface area contributed by atoms with Crippen molar-refractivity contribution in [2.24, 2.45) is 5.73 Å². The minimum atomic E-state index is -0.528. The number of anilines is 1. The van der Waals surface area contributed by atoms with Crippen LogP contribution in [0.2, 0.25) is 5.02 Å². The predicted octanol–water partition coefficient (Wildman–Crippen LogP) is 2.43. The Morgan fingerprint density at radius 2 is 1.89 bits per heavy atom. The van der Waals surface area contributed by atoms with Gasteiger partial charge in [0.25, 0.3) is 0 Å². The summed E-state index contributed by atoms with van der Waals surface area (Å²) >= 11 is 5.91. The second kappa shape index (κ2) is 7.58. The second-order valence-corrected chi connectivity index (χ2v) is 7.33.